The molecule has 2 heterocycles. The highest BCUT2D eigenvalue weighted by atomic mass is 16.5. The third-order valence-corrected chi connectivity index (χ3v) is 4.11. The predicted octanol–water partition coefficient (Wildman–Crippen LogP) is 1.11. The number of nitrogens with one attached hydrogen (secondary N) is 1. The number of nitrogens with zero attached hydrogens (tertiary/aromatic N) is 4. The molecule has 0 saturated carbocycles. The maximum absolute atomic E-state index is 12.4. The quantitative estimate of drug-likeness (QED) is 0.718. The Balaban J connectivity index is 1.76. The number of ether oxygens (including phenoxy) is 2. The predicted molar refractivity (Wildman–Crippen MR) is 92.2 cm³/mol. The van der Waals surface area contributed by atoms with Crippen molar-refractivity contribution in [1.29, 1.82) is 0 Å². The number of methoxy groups -OCH3 is 2. The second-order valence-electron chi connectivity index (χ2n) is 5.94. The van der Waals surface area contributed by atoms with Crippen LogP contribution in [0.1, 0.15) is 12.8 Å². The number of amides is 2. The first-order valence-electron chi connectivity index (χ1n) is 8.51. The lowest BCUT2D eigenvalue weighted by molar-refractivity contribution is 0.172. The van der Waals surface area contributed by atoms with Crippen LogP contribution in [0.2, 0.25) is 0 Å². The molecule has 0 spiro atoms. The summed E-state index contributed by atoms with van der Waals surface area (Å²) in [5.74, 6) is 0. The highest BCUT2D eigenvalue weighted by Crippen LogP contribution is 2.09. The number of carbonyl (C=O) groups excluding carboxylic acids is 1. The van der Waals surface area contributed by atoms with Crippen LogP contribution in [0.25, 0.3) is 0 Å². The van der Waals surface area contributed by atoms with E-state index in [4.69, 9.17) is 9.47 Å². The molecule has 0 unspecified atom stereocenters. The van der Waals surface area contributed by atoms with Crippen molar-refractivity contribution in [3.05, 3.63) is 12.4 Å². The Labute approximate surface area is 143 Å². The smallest absolute Gasteiger partial charge is 0.321 e. The minimum absolute atomic E-state index is 0.0555. The van der Waals surface area contributed by atoms with Crippen molar-refractivity contribution in [3.63, 3.8) is 0 Å². The van der Waals surface area contributed by atoms with Gasteiger partial charge in [0.25, 0.3) is 0 Å². The summed E-state index contributed by atoms with van der Waals surface area (Å²) >= 11 is 0. The second-order valence-corrected chi connectivity index (χ2v) is 5.94. The molecule has 0 aromatic carbocycles. The van der Waals surface area contributed by atoms with Gasteiger partial charge in [-0.3, -0.25) is 4.68 Å². The Morgan fingerprint density at radius 3 is 2.79 bits per heavy atom. The molecule has 0 atom stereocenters. The number of carbonyl (C=O) groups is 1. The molecule has 136 valence electrons. The molecule has 0 bridgehead atoms. The van der Waals surface area contributed by atoms with Gasteiger partial charge >= 0.3 is 6.03 Å². The molecule has 1 fully saturated rings. The van der Waals surface area contributed by atoms with Gasteiger partial charge in [0.2, 0.25) is 0 Å². The lowest BCUT2D eigenvalue weighted by Gasteiger charge is -2.22. The molecule has 2 rings (SSSR count). The summed E-state index contributed by atoms with van der Waals surface area (Å²) in [6.07, 6.45) is 5.52. The average Bonchev–Trinajstić information content (AvgIpc) is 2.88. The van der Waals surface area contributed by atoms with Crippen molar-refractivity contribution < 1.29 is 14.3 Å². The van der Waals surface area contributed by atoms with Gasteiger partial charge in [-0.15, -0.1) is 0 Å². The van der Waals surface area contributed by atoms with E-state index in [1.54, 1.807) is 25.1 Å². The largest absolute Gasteiger partial charge is 0.385 e. The van der Waals surface area contributed by atoms with Crippen molar-refractivity contribution in [3.8, 4) is 0 Å². The van der Waals surface area contributed by atoms with Crippen molar-refractivity contribution >= 4 is 11.7 Å². The molecule has 1 aliphatic heterocycles. The van der Waals surface area contributed by atoms with Gasteiger partial charge in [-0.2, -0.15) is 5.10 Å². The van der Waals surface area contributed by atoms with Crippen LogP contribution in [0.4, 0.5) is 10.5 Å². The van der Waals surface area contributed by atoms with E-state index in [0.29, 0.717) is 13.2 Å². The maximum atomic E-state index is 12.4. The molecular weight excluding hydrogens is 310 g/mol. The number of anilines is 1. The zero-order valence-corrected chi connectivity index (χ0v) is 14.7. The summed E-state index contributed by atoms with van der Waals surface area (Å²) in [4.78, 5) is 16.7. The topological polar surface area (TPSA) is 71.9 Å². The zero-order chi connectivity index (χ0) is 17.2. The van der Waals surface area contributed by atoms with Crippen LogP contribution in [0.15, 0.2) is 12.4 Å². The molecule has 1 aromatic rings. The molecule has 1 aromatic heterocycles. The summed E-state index contributed by atoms with van der Waals surface area (Å²) in [5.41, 5.74) is 0.720. The maximum Gasteiger partial charge on any atom is 0.321 e. The van der Waals surface area contributed by atoms with E-state index in [1.165, 1.54) is 0 Å². The van der Waals surface area contributed by atoms with E-state index in [1.807, 2.05) is 11.1 Å². The van der Waals surface area contributed by atoms with Gasteiger partial charge in [0.15, 0.2) is 0 Å². The lowest BCUT2D eigenvalue weighted by Crippen LogP contribution is -2.38. The van der Waals surface area contributed by atoms with Crippen molar-refractivity contribution in [2.75, 3.05) is 65.5 Å². The van der Waals surface area contributed by atoms with Gasteiger partial charge in [0.05, 0.1) is 25.0 Å². The van der Waals surface area contributed by atoms with Crippen LogP contribution >= 0.6 is 0 Å². The van der Waals surface area contributed by atoms with Crippen LogP contribution in [0, 0.1) is 0 Å². The normalized spacial score (nSPS) is 16.2. The zero-order valence-electron chi connectivity index (χ0n) is 14.7. The first-order chi connectivity index (χ1) is 11.7. The molecule has 0 radical (unpaired) electrons. The Morgan fingerprint density at radius 2 is 2.00 bits per heavy atom. The summed E-state index contributed by atoms with van der Waals surface area (Å²) < 4.78 is 11.9. The number of rotatable bonds is 8. The molecular formula is C16H29N5O3. The number of hydrogen-bond donors (Lipinski definition) is 1. The third-order valence-electron chi connectivity index (χ3n) is 4.11. The summed E-state index contributed by atoms with van der Waals surface area (Å²) in [5, 5.41) is 7.14. The average molecular weight is 339 g/mol. The lowest BCUT2D eigenvalue weighted by atomic mass is 10.3. The molecule has 8 heteroatoms. The molecule has 8 nitrogen and oxygen atoms in total. The number of aromatic nitrogens is 2. The van der Waals surface area contributed by atoms with Gasteiger partial charge in [-0.1, -0.05) is 0 Å². The van der Waals surface area contributed by atoms with Crippen molar-refractivity contribution in [2.24, 2.45) is 0 Å². The van der Waals surface area contributed by atoms with Gasteiger partial charge in [0, 0.05) is 53.2 Å². The molecule has 0 aliphatic carbocycles. The Morgan fingerprint density at radius 1 is 1.17 bits per heavy atom. The standard InChI is InChI=1S/C16H29N5O3/c1-23-11-4-6-19-5-3-7-20(9-8-19)16(22)18-15-13-17-21(14-15)10-12-24-2/h13-14H,3-12H2,1-2H3,(H,18,22). The summed E-state index contributed by atoms with van der Waals surface area (Å²) in [7, 11) is 3.38. The van der Waals surface area contributed by atoms with Crippen LogP contribution in [0.3, 0.4) is 0 Å². The summed E-state index contributed by atoms with van der Waals surface area (Å²) in [6, 6.07) is -0.0555. The SMILES string of the molecule is COCCCN1CCCN(C(=O)Nc2cnn(CCOC)c2)CC1. The fraction of sp³-hybridized carbons (Fsp3) is 0.750. The Hall–Kier alpha value is -1.64. The van der Waals surface area contributed by atoms with Gasteiger partial charge in [-0.05, 0) is 19.4 Å². The van der Waals surface area contributed by atoms with E-state index in [0.717, 1.165) is 57.9 Å². The minimum atomic E-state index is -0.0555. The molecule has 1 N–H and O–H groups in total. The number of hydrogen-bond acceptors (Lipinski definition) is 5. The van der Waals surface area contributed by atoms with E-state index in [-0.39, 0.29) is 6.03 Å². The van der Waals surface area contributed by atoms with E-state index in [9.17, 15) is 4.79 Å². The van der Waals surface area contributed by atoms with E-state index < -0.39 is 0 Å². The van der Waals surface area contributed by atoms with Gasteiger partial charge in [0.1, 0.15) is 0 Å². The highest BCUT2D eigenvalue weighted by molar-refractivity contribution is 5.89. The monoisotopic (exact) mass is 339 g/mol. The van der Waals surface area contributed by atoms with Gasteiger partial charge in [-0.25, -0.2) is 4.79 Å². The fourth-order valence-corrected chi connectivity index (χ4v) is 2.77. The highest BCUT2D eigenvalue weighted by Gasteiger charge is 2.19. The van der Waals surface area contributed by atoms with Crippen molar-refractivity contribution in [1.82, 2.24) is 19.6 Å². The molecule has 24 heavy (non-hydrogen) atoms. The van der Waals surface area contributed by atoms with E-state index >= 15 is 0 Å². The second kappa shape index (κ2) is 10.3. The van der Waals surface area contributed by atoms with Crippen LogP contribution in [-0.4, -0.2) is 85.8 Å². The molecule has 1 saturated heterocycles. The van der Waals surface area contributed by atoms with Crippen LogP contribution in [-0.2, 0) is 16.0 Å². The first kappa shape index (κ1) is 18.7. The fourth-order valence-electron chi connectivity index (χ4n) is 2.77. The Bertz CT molecular complexity index is 494. The van der Waals surface area contributed by atoms with Crippen LogP contribution < -0.4 is 5.32 Å². The molecule has 2 amide bonds. The van der Waals surface area contributed by atoms with Crippen LogP contribution in [0.5, 0.6) is 0 Å². The summed E-state index contributed by atoms with van der Waals surface area (Å²) in [6.45, 7) is 6.55. The Kier molecular flexibility index (Phi) is 8.00. The first-order valence-corrected chi connectivity index (χ1v) is 8.51. The third kappa shape index (κ3) is 6.10. The minimum Gasteiger partial charge on any atom is -0.385 e. The van der Waals surface area contributed by atoms with Crippen molar-refractivity contribution in [2.45, 2.75) is 19.4 Å². The number of urea groups is 1. The molecule has 1 aliphatic rings. The van der Waals surface area contributed by atoms with E-state index in [2.05, 4.69) is 15.3 Å². The van der Waals surface area contributed by atoms with Gasteiger partial charge < -0.3 is 24.6 Å².